The van der Waals surface area contributed by atoms with Crippen LogP contribution >= 0.6 is 0 Å². The van der Waals surface area contributed by atoms with E-state index in [4.69, 9.17) is 5.11 Å². The summed E-state index contributed by atoms with van der Waals surface area (Å²) in [6.45, 7) is 5.83. The number of amides is 1. The van der Waals surface area contributed by atoms with Crippen molar-refractivity contribution in [2.75, 3.05) is 48.1 Å². The van der Waals surface area contributed by atoms with Gasteiger partial charge in [0.25, 0.3) is 5.91 Å². The van der Waals surface area contributed by atoms with Gasteiger partial charge in [-0.25, -0.2) is 8.42 Å². The summed E-state index contributed by atoms with van der Waals surface area (Å²) in [6.07, 6.45) is 5.74. The van der Waals surface area contributed by atoms with Crippen molar-refractivity contribution in [3.63, 3.8) is 0 Å². The zero-order valence-electron chi connectivity index (χ0n) is 20.0. The van der Waals surface area contributed by atoms with Crippen molar-refractivity contribution in [1.29, 1.82) is 0 Å². The summed E-state index contributed by atoms with van der Waals surface area (Å²) in [5.41, 5.74) is 1.49. The number of carboxylic acids is 1. The predicted molar refractivity (Wildman–Crippen MR) is 134 cm³/mol. The molecule has 2 aliphatic heterocycles. The van der Waals surface area contributed by atoms with Crippen LogP contribution in [0.2, 0.25) is 0 Å². The van der Waals surface area contributed by atoms with Gasteiger partial charge < -0.3 is 20.6 Å². The molecule has 0 aliphatic carbocycles. The van der Waals surface area contributed by atoms with E-state index in [2.05, 4.69) is 20.3 Å². The third-order valence-electron chi connectivity index (χ3n) is 6.85. The number of carboxylic acid groups (broad SMARTS) is 1. The summed E-state index contributed by atoms with van der Waals surface area (Å²) in [6, 6.07) is 5.04. The first kappa shape index (κ1) is 26.3. The third-order valence-corrected chi connectivity index (χ3v) is 8.20. The summed E-state index contributed by atoms with van der Waals surface area (Å²) in [4.78, 5) is 25.5. The predicted octanol–water partition coefficient (Wildman–Crippen LogP) is 2.65. The lowest BCUT2D eigenvalue weighted by molar-refractivity contribution is -0.136. The van der Waals surface area contributed by atoms with Crippen molar-refractivity contribution in [1.82, 2.24) is 10.6 Å². The maximum absolute atomic E-state index is 12.7. The van der Waals surface area contributed by atoms with Gasteiger partial charge in [-0.05, 0) is 75.2 Å². The van der Waals surface area contributed by atoms with Crippen LogP contribution in [0.15, 0.2) is 18.2 Å². The fourth-order valence-corrected chi connectivity index (χ4v) is 6.17. The lowest BCUT2D eigenvalue weighted by Gasteiger charge is -2.39. The number of rotatable bonds is 11. The van der Waals surface area contributed by atoms with Gasteiger partial charge in [-0.15, -0.1) is 0 Å². The minimum absolute atomic E-state index is 0.0116. The van der Waals surface area contributed by atoms with Crippen LogP contribution in [-0.4, -0.2) is 63.9 Å². The third kappa shape index (κ3) is 7.59. The highest BCUT2D eigenvalue weighted by Gasteiger charge is 2.29. The van der Waals surface area contributed by atoms with Gasteiger partial charge in [0, 0.05) is 25.2 Å². The summed E-state index contributed by atoms with van der Waals surface area (Å²) in [7, 11) is -3.55. The van der Waals surface area contributed by atoms with Crippen LogP contribution in [0.4, 0.5) is 11.4 Å². The second-order valence-electron chi connectivity index (χ2n) is 9.32. The van der Waals surface area contributed by atoms with Crippen molar-refractivity contribution in [3.8, 4) is 0 Å². The molecule has 0 radical (unpaired) electrons. The molecule has 0 atom stereocenters. The van der Waals surface area contributed by atoms with Gasteiger partial charge in [0.1, 0.15) is 0 Å². The maximum atomic E-state index is 12.7. The van der Waals surface area contributed by atoms with Crippen molar-refractivity contribution in [2.24, 2.45) is 11.8 Å². The molecule has 2 fully saturated rings. The van der Waals surface area contributed by atoms with Crippen LogP contribution < -0.4 is 20.3 Å². The Morgan fingerprint density at radius 1 is 1.12 bits per heavy atom. The number of aliphatic carboxylic acids is 1. The average molecular weight is 495 g/mol. The summed E-state index contributed by atoms with van der Waals surface area (Å²) in [5.74, 6) is 0.0597. The Kier molecular flexibility index (Phi) is 9.58. The number of sulfonamides is 1. The zero-order valence-corrected chi connectivity index (χ0v) is 20.8. The van der Waals surface area contributed by atoms with Crippen LogP contribution in [0.3, 0.4) is 0 Å². The normalized spacial score (nSPS) is 18.0. The molecule has 1 aromatic carbocycles. The summed E-state index contributed by atoms with van der Waals surface area (Å²) < 4.78 is 28.1. The number of benzene rings is 1. The Bertz CT molecular complexity index is 939. The lowest BCUT2D eigenvalue weighted by atomic mass is 9.79. The minimum Gasteiger partial charge on any atom is -0.481 e. The molecule has 0 bridgehead atoms. The Labute approximate surface area is 202 Å². The van der Waals surface area contributed by atoms with Crippen LogP contribution in [-0.2, 0) is 14.8 Å². The molecule has 2 heterocycles. The van der Waals surface area contributed by atoms with Gasteiger partial charge in [-0.2, -0.15) is 0 Å². The molecule has 1 aromatic rings. The second kappa shape index (κ2) is 12.4. The molecule has 0 unspecified atom stereocenters. The van der Waals surface area contributed by atoms with Crippen molar-refractivity contribution in [3.05, 3.63) is 23.8 Å². The van der Waals surface area contributed by atoms with Gasteiger partial charge >= 0.3 is 5.97 Å². The van der Waals surface area contributed by atoms with E-state index in [0.717, 1.165) is 57.0 Å². The molecule has 2 saturated heterocycles. The molecule has 3 rings (SSSR count). The highest BCUT2D eigenvalue weighted by atomic mass is 32.2. The van der Waals surface area contributed by atoms with E-state index in [1.54, 1.807) is 18.2 Å². The fraction of sp³-hybridized carbons (Fsp3) is 0.667. The van der Waals surface area contributed by atoms with E-state index in [-0.39, 0.29) is 18.7 Å². The number of piperidine rings is 2. The molecule has 0 saturated carbocycles. The molecule has 4 N–H and O–H groups in total. The zero-order chi connectivity index (χ0) is 24.6. The molecule has 1 amide bonds. The molecule has 0 aromatic heterocycles. The number of anilines is 2. The summed E-state index contributed by atoms with van der Waals surface area (Å²) >= 11 is 0. The van der Waals surface area contributed by atoms with Crippen molar-refractivity contribution in [2.45, 2.75) is 51.9 Å². The minimum atomic E-state index is -3.55. The molecular formula is C24H38N4O5S. The largest absolute Gasteiger partial charge is 0.481 e. The lowest BCUT2D eigenvalue weighted by Crippen LogP contribution is -2.39. The smallest absolute Gasteiger partial charge is 0.305 e. The fourth-order valence-electron chi connectivity index (χ4n) is 4.90. The number of carbonyl (C=O) groups is 2. The van der Waals surface area contributed by atoms with Gasteiger partial charge in [-0.3, -0.25) is 14.3 Å². The molecule has 0 spiro atoms. The molecule has 9 nitrogen and oxygen atoms in total. The highest BCUT2D eigenvalue weighted by Crippen LogP contribution is 2.35. The monoisotopic (exact) mass is 494 g/mol. The molecule has 10 heteroatoms. The Balaban J connectivity index is 1.75. The van der Waals surface area contributed by atoms with E-state index in [0.29, 0.717) is 23.6 Å². The van der Waals surface area contributed by atoms with Gasteiger partial charge in [-0.1, -0.05) is 13.3 Å². The van der Waals surface area contributed by atoms with Crippen LogP contribution in [0.1, 0.15) is 62.2 Å². The Hall–Kier alpha value is -2.33. The second-order valence-corrected chi connectivity index (χ2v) is 11.2. The number of hydrogen-bond donors (Lipinski definition) is 4. The first-order valence-corrected chi connectivity index (χ1v) is 14.0. The molecule has 2 aliphatic rings. The van der Waals surface area contributed by atoms with Crippen molar-refractivity contribution < 1.29 is 23.1 Å². The van der Waals surface area contributed by atoms with Gasteiger partial charge in [0.15, 0.2) is 0 Å². The maximum Gasteiger partial charge on any atom is 0.305 e. The first-order valence-electron chi connectivity index (χ1n) is 12.4. The highest BCUT2D eigenvalue weighted by molar-refractivity contribution is 7.92. The number of nitrogens with one attached hydrogen (secondary N) is 3. The van der Waals surface area contributed by atoms with Crippen LogP contribution in [0.25, 0.3) is 0 Å². The van der Waals surface area contributed by atoms with E-state index >= 15 is 0 Å². The standard InChI is InChI=1S/C24H38N4O5S/c1-2-3-16-34(32,33)27-21-17-20(24(31)26-13-8-23(29)30)4-5-22(21)28-14-9-19(10-15-28)18-6-11-25-12-7-18/h4-5,17-19,25,27H,2-3,6-16H2,1H3,(H,26,31)(H,29,30). The number of nitrogens with zero attached hydrogens (tertiary/aromatic N) is 1. The SMILES string of the molecule is CCCCS(=O)(=O)Nc1cc(C(=O)NCCC(=O)O)ccc1N1CCC(C2CCNCC2)CC1. The number of carbonyl (C=O) groups excluding carboxylic acids is 1. The Morgan fingerprint density at radius 2 is 1.79 bits per heavy atom. The van der Waals surface area contributed by atoms with E-state index in [9.17, 15) is 18.0 Å². The molecule has 190 valence electrons. The Morgan fingerprint density at radius 3 is 2.44 bits per heavy atom. The van der Waals surface area contributed by atoms with Gasteiger partial charge in [0.05, 0.1) is 23.5 Å². The van der Waals surface area contributed by atoms with E-state index < -0.39 is 21.9 Å². The summed E-state index contributed by atoms with van der Waals surface area (Å²) in [5, 5.41) is 14.8. The van der Waals surface area contributed by atoms with Crippen molar-refractivity contribution >= 4 is 33.3 Å². The van der Waals surface area contributed by atoms with E-state index in [1.807, 2.05) is 6.92 Å². The van der Waals surface area contributed by atoms with E-state index in [1.165, 1.54) is 12.8 Å². The van der Waals surface area contributed by atoms with Gasteiger partial charge in [0.2, 0.25) is 10.0 Å². The number of unbranched alkanes of at least 4 members (excludes halogenated alkanes) is 1. The van der Waals surface area contributed by atoms with Crippen LogP contribution in [0.5, 0.6) is 0 Å². The number of hydrogen-bond acceptors (Lipinski definition) is 6. The molecular weight excluding hydrogens is 456 g/mol. The van der Waals surface area contributed by atoms with Crippen LogP contribution in [0, 0.1) is 11.8 Å². The average Bonchev–Trinajstić information content (AvgIpc) is 2.83. The first-order chi connectivity index (χ1) is 16.3. The topological polar surface area (TPSA) is 128 Å². The quantitative estimate of drug-likeness (QED) is 0.372. The molecule has 34 heavy (non-hydrogen) atoms.